The normalized spacial score (nSPS) is 9.76. The lowest BCUT2D eigenvalue weighted by atomic mass is 10.2. The van der Waals surface area contributed by atoms with Crippen LogP contribution < -0.4 is 16.0 Å². The van der Waals surface area contributed by atoms with E-state index in [2.05, 4.69) is 16.8 Å². The van der Waals surface area contributed by atoms with Crippen molar-refractivity contribution >= 4 is 0 Å². The Morgan fingerprint density at radius 1 is 1.19 bits per heavy atom. The molecule has 2 N–H and O–H groups in total. The summed E-state index contributed by atoms with van der Waals surface area (Å²) in [5.41, 5.74) is -0.0919. The van der Waals surface area contributed by atoms with Crippen LogP contribution in [0.4, 0.5) is 0 Å². The molecule has 6 nitrogen and oxygen atoms in total. The molecule has 0 saturated heterocycles. The summed E-state index contributed by atoms with van der Waals surface area (Å²) in [7, 11) is 0. The predicted octanol–water partition coefficient (Wildman–Crippen LogP) is -0.0406. The minimum atomic E-state index is -0.458. The third kappa shape index (κ3) is 4.37. The van der Waals surface area contributed by atoms with E-state index in [9.17, 15) is 9.59 Å². The van der Waals surface area contributed by atoms with Crippen molar-refractivity contribution in [2.45, 2.75) is 6.54 Å². The van der Waals surface area contributed by atoms with Gasteiger partial charge in [0.1, 0.15) is 19.0 Å². The monoisotopic (exact) mass is 286 g/mol. The first-order valence-corrected chi connectivity index (χ1v) is 6.31. The number of aromatic amines is 1. The molecule has 0 amide bonds. The first kappa shape index (κ1) is 14.6. The molecule has 0 unspecified atom stereocenters. The zero-order valence-corrected chi connectivity index (χ0v) is 11.2. The molecule has 6 heteroatoms. The molecule has 0 aliphatic rings. The van der Waals surface area contributed by atoms with Gasteiger partial charge < -0.3 is 9.84 Å². The zero-order valence-electron chi connectivity index (χ0n) is 11.2. The van der Waals surface area contributed by atoms with Crippen molar-refractivity contribution in [1.82, 2.24) is 9.55 Å². The second-order valence-corrected chi connectivity index (χ2v) is 4.14. The van der Waals surface area contributed by atoms with Gasteiger partial charge in [0.05, 0.1) is 6.54 Å². The second-order valence-electron chi connectivity index (χ2n) is 4.14. The van der Waals surface area contributed by atoms with Crippen LogP contribution in [0.5, 0.6) is 5.75 Å². The third-order valence-electron chi connectivity index (χ3n) is 2.66. The molecule has 21 heavy (non-hydrogen) atoms. The Morgan fingerprint density at radius 2 is 1.95 bits per heavy atom. The van der Waals surface area contributed by atoms with Crippen LogP contribution in [0.2, 0.25) is 0 Å². The molecule has 0 aliphatic heterocycles. The number of hydrogen-bond donors (Lipinski definition) is 2. The van der Waals surface area contributed by atoms with Crippen molar-refractivity contribution < 1.29 is 9.84 Å². The van der Waals surface area contributed by atoms with Gasteiger partial charge in [-0.05, 0) is 24.3 Å². The van der Waals surface area contributed by atoms with Crippen molar-refractivity contribution in [1.29, 1.82) is 0 Å². The molecule has 2 rings (SSSR count). The number of aliphatic hydroxyl groups excluding tert-OH is 1. The van der Waals surface area contributed by atoms with E-state index in [0.717, 1.165) is 5.56 Å². The molecule has 1 heterocycles. The van der Waals surface area contributed by atoms with E-state index in [-0.39, 0.29) is 6.61 Å². The Morgan fingerprint density at radius 3 is 2.62 bits per heavy atom. The van der Waals surface area contributed by atoms with E-state index >= 15 is 0 Å². The van der Waals surface area contributed by atoms with Crippen LogP contribution in [-0.2, 0) is 6.54 Å². The summed E-state index contributed by atoms with van der Waals surface area (Å²) in [4.78, 5) is 24.5. The van der Waals surface area contributed by atoms with E-state index in [1.807, 2.05) is 0 Å². The van der Waals surface area contributed by atoms with Crippen LogP contribution in [0, 0.1) is 11.8 Å². The average molecular weight is 286 g/mol. The van der Waals surface area contributed by atoms with Crippen molar-refractivity contribution in [3.63, 3.8) is 0 Å². The maximum atomic E-state index is 11.4. The van der Waals surface area contributed by atoms with Gasteiger partial charge in [-0.25, -0.2) is 4.79 Å². The highest BCUT2D eigenvalue weighted by Crippen LogP contribution is 2.11. The minimum absolute atomic E-state index is 0.174. The molecular formula is C15H14N2O4. The van der Waals surface area contributed by atoms with Gasteiger partial charge in [-0.2, -0.15) is 0 Å². The van der Waals surface area contributed by atoms with Gasteiger partial charge in [0.25, 0.3) is 5.56 Å². The number of H-pyrrole nitrogens is 1. The van der Waals surface area contributed by atoms with Crippen LogP contribution in [0.1, 0.15) is 5.56 Å². The number of rotatable bonds is 4. The minimum Gasteiger partial charge on any atom is -0.492 e. The summed E-state index contributed by atoms with van der Waals surface area (Å²) in [5, 5.41) is 8.60. The summed E-state index contributed by atoms with van der Waals surface area (Å²) in [6.07, 6.45) is 1.43. The first-order chi connectivity index (χ1) is 10.2. The summed E-state index contributed by atoms with van der Waals surface area (Å²) in [5.74, 6) is 5.99. The lowest BCUT2D eigenvalue weighted by Gasteiger charge is -2.07. The Hall–Kier alpha value is -2.78. The first-order valence-electron chi connectivity index (χ1n) is 6.31. The smallest absolute Gasteiger partial charge is 0.328 e. The predicted molar refractivity (Wildman–Crippen MR) is 77.2 cm³/mol. The van der Waals surface area contributed by atoms with E-state index < -0.39 is 11.2 Å². The molecule has 0 saturated carbocycles. The fourth-order valence-corrected chi connectivity index (χ4v) is 1.66. The van der Waals surface area contributed by atoms with Crippen LogP contribution >= 0.6 is 0 Å². The van der Waals surface area contributed by atoms with Crippen LogP contribution in [0.15, 0.2) is 46.1 Å². The Labute approximate surface area is 120 Å². The number of aromatic nitrogens is 2. The second kappa shape index (κ2) is 7.12. The molecule has 0 bridgehead atoms. The van der Waals surface area contributed by atoms with E-state index in [1.54, 1.807) is 24.3 Å². The fourth-order valence-electron chi connectivity index (χ4n) is 1.66. The zero-order chi connectivity index (χ0) is 15.1. The van der Waals surface area contributed by atoms with Crippen molar-refractivity contribution in [3.8, 4) is 17.6 Å². The maximum Gasteiger partial charge on any atom is 0.328 e. The van der Waals surface area contributed by atoms with Gasteiger partial charge in [0.2, 0.25) is 0 Å². The highest BCUT2D eigenvalue weighted by atomic mass is 16.5. The number of benzene rings is 1. The van der Waals surface area contributed by atoms with Crippen LogP contribution in [-0.4, -0.2) is 27.9 Å². The maximum absolute atomic E-state index is 11.4. The van der Waals surface area contributed by atoms with E-state index in [4.69, 9.17) is 9.84 Å². The van der Waals surface area contributed by atoms with Crippen LogP contribution in [0.3, 0.4) is 0 Å². The standard InChI is InChI=1S/C15H14N2O4/c18-10-1-2-12-3-5-13(6-4-12)21-11-9-17-8-7-14(19)16-15(17)20/h3-8,18H,9-11H2,(H,16,19,20). The van der Waals surface area contributed by atoms with E-state index in [1.165, 1.54) is 16.8 Å². The number of aliphatic hydroxyl groups is 1. The van der Waals surface area contributed by atoms with E-state index in [0.29, 0.717) is 18.9 Å². The largest absolute Gasteiger partial charge is 0.492 e. The lowest BCUT2D eigenvalue weighted by molar-refractivity contribution is 0.295. The van der Waals surface area contributed by atoms with Gasteiger partial charge in [-0.15, -0.1) is 0 Å². The molecule has 0 spiro atoms. The van der Waals surface area contributed by atoms with Crippen molar-refractivity contribution in [2.24, 2.45) is 0 Å². The van der Waals surface area contributed by atoms with Crippen LogP contribution in [0.25, 0.3) is 0 Å². The highest BCUT2D eigenvalue weighted by Gasteiger charge is 1.98. The SMILES string of the molecule is O=c1ccn(CCOc2ccc(C#CCO)cc2)c(=O)[nH]1. The number of hydrogen-bond acceptors (Lipinski definition) is 4. The van der Waals surface area contributed by atoms with Gasteiger partial charge in [0.15, 0.2) is 0 Å². The molecule has 0 radical (unpaired) electrons. The average Bonchev–Trinajstić information content (AvgIpc) is 2.48. The highest BCUT2D eigenvalue weighted by molar-refractivity contribution is 5.38. The summed E-state index contributed by atoms with van der Waals surface area (Å²) >= 11 is 0. The molecule has 108 valence electrons. The topological polar surface area (TPSA) is 84.3 Å². The van der Waals surface area contributed by atoms with Crippen molar-refractivity contribution in [3.05, 3.63) is 62.9 Å². The fraction of sp³-hybridized carbons (Fsp3) is 0.200. The van der Waals surface area contributed by atoms with Gasteiger partial charge in [0, 0.05) is 17.8 Å². The molecule has 0 aliphatic carbocycles. The summed E-state index contributed by atoms with van der Waals surface area (Å²) in [6, 6.07) is 8.37. The molecule has 0 atom stereocenters. The molecule has 0 fully saturated rings. The summed E-state index contributed by atoms with van der Waals surface area (Å²) < 4.78 is 6.87. The third-order valence-corrected chi connectivity index (χ3v) is 2.66. The summed E-state index contributed by atoms with van der Waals surface area (Å²) in [6.45, 7) is 0.460. The lowest BCUT2D eigenvalue weighted by Crippen LogP contribution is -2.30. The molecular weight excluding hydrogens is 272 g/mol. The Balaban J connectivity index is 1.91. The molecule has 1 aromatic carbocycles. The molecule has 2 aromatic rings. The molecule has 1 aromatic heterocycles. The quantitative estimate of drug-likeness (QED) is 0.772. The number of nitrogens with zero attached hydrogens (tertiary/aromatic N) is 1. The Bertz CT molecular complexity index is 763. The Kier molecular flexibility index (Phi) is 4.96. The van der Waals surface area contributed by atoms with Gasteiger partial charge in [-0.1, -0.05) is 11.8 Å². The number of ether oxygens (including phenoxy) is 1. The van der Waals surface area contributed by atoms with Gasteiger partial charge >= 0.3 is 5.69 Å². The van der Waals surface area contributed by atoms with Gasteiger partial charge in [-0.3, -0.25) is 14.3 Å². The van der Waals surface area contributed by atoms with Crippen molar-refractivity contribution in [2.75, 3.05) is 13.2 Å². The number of nitrogens with one attached hydrogen (secondary N) is 1.